The normalized spacial score (nSPS) is 13.3. The van der Waals surface area contributed by atoms with Crippen LogP contribution in [0.4, 0.5) is 26.3 Å². The molecule has 0 bridgehead atoms. The molecule has 0 saturated heterocycles. The van der Waals surface area contributed by atoms with Gasteiger partial charge in [0.15, 0.2) is 5.78 Å². The second-order valence-corrected chi connectivity index (χ2v) is 3.83. The van der Waals surface area contributed by atoms with E-state index in [0.717, 1.165) is 24.3 Å². The van der Waals surface area contributed by atoms with Crippen molar-refractivity contribution in [3.8, 4) is 11.8 Å². The number of hydrogen-bond acceptors (Lipinski definition) is 4. The Morgan fingerprint density at radius 1 is 1.18 bits per heavy atom. The van der Waals surface area contributed by atoms with E-state index in [0.29, 0.717) is 0 Å². The number of alkyl halides is 6. The molecule has 1 aromatic carbocycles. The third-order valence-electron chi connectivity index (χ3n) is 2.17. The van der Waals surface area contributed by atoms with Crippen LogP contribution < -0.4 is 4.74 Å². The fraction of sp³-hybridized carbons (Fsp3) is 0.333. The van der Waals surface area contributed by atoms with Crippen LogP contribution in [0.1, 0.15) is 16.8 Å². The van der Waals surface area contributed by atoms with Gasteiger partial charge in [0.25, 0.3) is 0 Å². The van der Waals surface area contributed by atoms with Crippen molar-refractivity contribution in [2.45, 2.75) is 25.2 Å². The minimum absolute atomic E-state index is 0.000515. The lowest BCUT2D eigenvalue weighted by atomic mass is 10.1. The topological polar surface area (TPSA) is 59.3 Å². The first-order valence-electron chi connectivity index (χ1n) is 5.51. The molecule has 0 N–H and O–H groups in total. The number of hydrogen-bond donors (Lipinski definition) is 0. The Labute approximate surface area is 119 Å². The van der Waals surface area contributed by atoms with Crippen LogP contribution in [0.2, 0.25) is 0 Å². The number of rotatable bonds is 6. The van der Waals surface area contributed by atoms with E-state index in [1.165, 1.54) is 0 Å². The molecule has 1 unspecified atom stereocenters. The zero-order valence-corrected chi connectivity index (χ0v) is 10.5. The van der Waals surface area contributed by atoms with Crippen molar-refractivity contribution in [1.82, 2.24) is 0 Å². The number of carbonyl (C=O) groups is 1. The molecule has 0 radical (unpaired) electrons. The predicted octanol–water partition coefficient (Wildman–Crippen LogP) is 3.59. The van der Waals surface area contributed by atoms with E-state index in [2.05, 4.69) is 9.47 Å². The van der Waals surface area contributed by atoms with Crippen molar-refractivity contribution in [2.24, 2.45) is 0 Å². The van der Waals surface area contributed by atoms with Gasteiger partial charge in [-0.25, -0.2) is 9.13 Å². The van der Waals surface area contributed by atoms with Gasteiger partial charge >= 0.3 is 18.8 Å². The molecule has 0 aliphatic rings. The zero-order chi connectivity index (χ0) is 17.0. The van der Waals surface area contributed by atoms with Gasteiger partial charge in [-0.1, -0.05) is 0 Å². The molecule has 0 aliphatic carbocycles. The van der Waals surface area contributed by atoms with Gasteiger partial charge in [-0.15, -0.1) is 13.2 Å². The molecule has 120 valence electrons. The molecule has 0 spiro atoms. The maximum Gasteiger partial charge on any atom is 0.525 e. The molecule has 0 heterocycles. The van der Waals surface area contributed by atoms with E-state index in [9.17, 15) is 31.1 Å². The molecule has 0 fully saturated rings. The lowest BCUT2D eigenvalue weighted by Gasteiger charge is -2.22. The summed E-state index contributed by atoms with van der Waals surface area (Å²) in [7, 11) is 0. The molecule has 10 heteroatoms. The highest BCUT2D eigenvalue weighted by atomic mass is 19.4. The minimum Gasteiger partial charge on any atom is -0.429 e. The van der Waals surface area contributed by atoms with Crippen molar-refractivity contribution < 1.29 is 40.6 Å². The number of halogens is 6. The number of Topliss-reactive ketones (excluding diaryl/α,β-unsaturated/α-hetero) is 1. The summed E-state index contributed by atoms with van der Waals surface area (Å²) in [5.41, 5.74) is 0.000515. The number of carbonyl (C=O) groups excluding carboxylic acids is 1. The number of nitriles is 1. The molecular formula is C12H7F6NO3. The minimum atomic E-state index is -5.60. The monoisotopic (exact) mass is 327 g/mol. The van der Waals surface area contributed by atoms with Crippen LogP contribution in [0.25, 0.3) is 0 Å². The molecule has 22 heavy (non-hydrogen) atoms. The summed E-state index contributed by atoms with van der Waals surface area (Å²) < 4.78 is 80.3. The van der Waals surface area contributed by atoms with E-state index in [1.54, 1.807) is 6.07 Å². The molecular weight excluding hydrogens is 320 g/mol. The fourth-order valence-electron chi connectivity index (χ4n) is 1.27. The Kier molecular flexibility index (Phi) is 5.38. The SMILES string of the molecule is N#CCC(=O)c1ccc(OC(F)(F)C(F)OC(F)(F)F)cc1. The van der Waals surface area contributed by atoms with Crippen molar-refractivity contribution >= 4 is 5.78 Å². The Hall–Kier alpha value is -2.28. The first kappa shape index (κ1) is 17.8. The van der Waals surface area contributed by atoms with E-state index >= 15 is 0 Å². The maximum atomic E-state index is 13.1. The lowest BCUT2D eigenvalue weighted by Crippen LogP contribution is -2.41. The summed E-state index contributed by atoms with van der Waals surface area (Å²) in [6.07, 6.45) is -15.0. The van der Waals surface area contributed by atoms with Gasteiger partial charge in [-0.3, -0.25) is 4.79 Å². The maximum absolute atomic E-state index is 13.1. The van der Waals surface area contributed by atoms with Crippen LogP contribution in [0.3, 0.4) is 0 Å². The van der Waals surface area contributed by atoms with Gasteiger partial charge in [-0.2, -0.15) is 14.0 Å². The molecule has 0 amide bonds. The van der Waals surface area contributed by atoms with Crippen LogP contribution in [-0.2, 0) is 4.74 Å². The summed E-state index contributed by atoms with van der Waals surface area (Å²) in [6, 6.07) is 5.22. The van der Waals surface area contributed by atoms with E-state index in [-0.39, 0.29) is 5.56 Å². The van der Waals surface area contributed by atoms with Crippen molar-refractivity contribution in [1.29, 1.82) is 5.26 Å². The second-order valence-electron chi connectivity index (χ2n) is 3.83. The summed E-state index contributed by atoms with van der Waals surface area (Å²) >= 11 is 0. The van der Waals surface area contributed by atoms with Gasteiger partial charge in [0.2, 0.25) is 0 Å². The van der Waals surface area contributed by atoms with E-state index in [4.69, 9.17) is 5.26 Å². The summed E-state index contributed by atoms with van der Waals surface area (Å²) in [4.78, 5) is 11.3. The Morgan fingerprint density at radius 2 is 1.73 bits per heavy atom. The van der Waals surface area contributed by atoms with E-state index < -0.39 is 36.8 Å². The second kappa shape index (κ2) is 6.65. The highest BCUT2D eigenvalue weighted by Crippen LogP contribution is 2.31. The smallest absolute Gasteiger partial charge is 0.429 e. The standard InChI is InChI=1S/C12H7F6NO3/c13-10(22-12(16,17)18)11(14,15)21-8-3-1-7(2-4-8)9(20)5-6-19/h1-4,10H,5H2. The van der Waals surface area contributed by atoms with Crippen LogP contribution in [0.15, 0.2) is 24.3 Å². The highest BCUT2D eigenvalue weighted by molar-refractivity contribution is 5.97. The largest absolute Gasteiger partial charge is 0.525 e. The van der Waals surface area contributed by atoms with Gasteiger partial charge < -0.3 is 4.74 Å². The molecule has 0 saturated carbocycles. The first-order valence-corrected chi connectivity index (χ1v) is 5.51. The van der Waals surface area contributed by atoms with Gasteiger partial charge in [0.1, 0.15) is 5.75 Å². The van der Waals surface area contributed by atoms with Crippen LogP contribution in [-0.4, -0.2) is 24.6 Å². The lowest BCUT2D eigenvalue weighted by molar-refractivity contribution is -0.411. The third kappa shape index (κ3) is 5.25. The number of nitrogens with zero attached hydrogens (tertiary/aromatic N) is 1. The molecule has 1 rings (SSSR count). The predicted molar refractivity (Wildman–Crippen MR) is 58.6 cm³/mol. The van der Waals surface area contributed by atoms with Gasteiger partial charge in [-0.05, 0) is 24.3 Å². The molecule has 0 aliphatic heterocycles. The van der Waals surface area contributed by atoms with Crippen molar-refractivity contribution in [2.75, 3.05) is 0 Å². The third-order valence-corrected chi connectivity index (χ3v) is 2.17. The highest BCUT2D eigenvalue weighted by Gasteiger charge is 2.50. The molecule has 4 nitrogen and oxygen atoms in total. The van der Waals surface area contributed by atoms with Crippen LogP contribution >= 0.6 is 0 Å². The Morgan fingerprint density at radius 3 is 2.18 bits per heavy atom. The van der Waals surface area contributed by atoms with E-state index in [1.807, 2.05) is 0 Å². The van der Waals surface area contributed by atoms with Crippen molar-refractivity contribution in [3.05, 3.63) is 29.8 Å². The number of ether oxygens (including phenoxy) is 2. The summed E-state index contributed by atoms with van der Waals surface area (Å²) in [5.74, 6) is -1.28. The first-order chi connectivity index (χ1) is 10.0. The van der Waals surface area contributed by atoms with Gasteiger partial charge in [0, 0.05) is 5.56 Å². The summed E-state index contributed by atoms with van der Waals surface area (Å²) in [5, 5.41) is 8.32. The van der Waals surface area contributed by atoms with Crippen LogP contribution in [0, 0.1) is 11.3 Å². The quantitative estimate of drug-likeness (QED) is 0.592. The molecule has 1 aromatic rings. The Bertz CT molecular complexity index is 564. The number of ketones is 1. The van der Waals surface area contributed by atoms with Crippen molar-refractivity contribution in [3.63, 3.8) is 0 Å². The van der Waals surface area contributed by atoms with Gasteiger partial charge in [0.05, 0.1) is 12.5 Å². The Balaban J connectivity index is 2.77. The zero-order valence-electron chi connectivity index (χ0n) is 10.5. The molecule has 1 atom stereocenters. The average Bonchev–Trinajstić information content (AvgIpc) is 2.37. The van der Waals surface area contributed by atoms with Crippen LogP contribution in [0.5, 0.6) is 5.75 Å². The average molecular weight is 327 g/mol. The number of benzene rings is 1. The molecule has 0 aromatic heterocycles. The summed E-state index contributed by atoms with van der Waals surface area (Å²) in [6.45, 7) is 0. The fourth-order valence-corrected chi connectivity index (χ4v) is 1.27.